The normalized spacial score (nSPS) is 20.5. The molecule has 1 aliphatic rings. The molecule has 16 heteroatoms. The van der Waals surface area contributed by atoms with Crippen molar-refractivity contribution in [3.63, 3.8) is 0 Å². The summed E-state index contributed by atoms with van der Waals surface area (Å²) in [5.41, 5.74) is 2.44. The van der Waals surface area contributed by atoms with Crippen molar-refractivity contribution in [3.05, 3.63) is 89.5 Å². The number of benzene rings is 3. The first-order chi connectivity index (χ1) is 22.9. The SMILES string of the molecule is Cc1ccc(S(=O)(=O)N2CCN(S(=O)(=O)c3ccc(C)cc3)CC(=O)NC(C)C(C)NC(=O)CN(S(=O)(=O)c3ccc(C)cc3)CC2)cc1. The first-order valence-electron chi connectivity index (χ1n) is 15.7. The monoisotopic (exact) mass is 733 g/mol. The van der Waals surface area contributed by atoms with Crippen LogP contribution in [0.15, 0.2) is 87.5 Å². The van der Waals surface area contributed by atoms with E-state index >= 15 is 0 Å². The Labute approximate surface area is 289 Å². The maximum Gasteiger partial charge on any atom is 0.243 e. The van der Waals surface area contributed by atoms with Crippen LogP contribution < -0.4 is 10.6 Å². The molecular weight excluding hydrogens is 691 g/mol. The molecule has 0 aromatic heterocycles. The Morgan fingerprint density at radius 2 is 0.714 bits per heavy atom. The third kappa shape index (κ3) is 9.32. The van der Waals surface area contributed by atoms with Crippen LogP contribution in [0.4, 0.5) is 0 Å². The summed E-state index contributed by atoms with van der Waals surface area (Å²) in [7, 11) is -12.9. The van der Waals surface area contributed by atoms with Crippen LogP contribution in [0, 0.1) is 20.8 Å². The van der Waals surface area contributed by atoms with E-state index in [2.05, 4.69) is 10.6 Å². The number of amides is 2. The van der Waals surface area contributed by atoms with Crippen molar-refractivity contribution in [1.29, 1.82) is 0 Å². The minimum Gasteiger partial charge on any atom is -0.350 e. The zero-order valence-electron chi connectivity index (χ0n) is 28.2. The van der Waals surface area contributed by atoms with Gasteiger partial charge in [0.15, 0.2) is 0 Å². The van der Waals surface area contributed by atoms with Gasteiger partial charge in [-0.1, -0.05) is 53.1 Å². The lowest BCUT2D eigenvalue weighted by atomic mass is 10.1. The van der Waals surface area contributed by atoms with Gasteiger partial charge < -0.3 is 10.6 Å². The second-order valence-electron chi connectivity index (χ2n) is 12.2. The summed E-state index contributed by atoms with van der Waals surface area (Å²) in [5, 5.41) is 5.41. The molecule has 0 radical (unpaired) electrons. The molecule has 13 nitrogen and oxygen atoms in total. The van der Waals surface area contributed by atoms with Crippen molar-refractivity contribution in [2.45, 2.75) is 61.4 Å². The van der Waals surface area contributed by atoms with E-state index in [4.69, 9.17) is 0 Å². The molecule has 0 spiro atoms. The van der Waals surface area contributed by atoms with E-state index in [9.17, 15) is 34.8 Å². The van der Waals surface area contributed by atoms with Crippen LogP contribution in [0.3, 0.4) is 0 Å². The summed E-state index contributed by atoms with van der Waals surface area (Å²) in [6.45, 7) is 5.66. The average molecular weight is 734 g/mol. The second kappa shape index (κ2) is 15.5. The van der Waals surface area contributed by atoms with Crippen molar-refractivity contribution >= 4 is 41.9 Å². The molecule has 0 aliphatic carbocycles. The number of hydrogen-bond acceptors (Lipinski definition) is 8. The Hall–Kier alpha value is -3.67. The van der Waals surface area contributed by atoms with Crippen LogP contribution in [0.2, 0.25) is 0 Å². The zero-order chi connectivity index (χ0) is 36.1. The summed E-state index contributed by atoms with van der Waals surface area (Å²) in [5.74, 6) is -1.34. The van der Waals surface area contributed by atoms with E-state index in [1.54, 1.807) is 71.0 Å². The summed E-state index contributed by atoms with van der Waals surface area (Å²) >= 11 is 0. The highest BCUT2D eigenvalue weighted by molar-refractivity contribution is 7.89. The highest BCUT2D eigenvalue weighted by Gasteiger charge is 2.34. The van der Waals surface area contributed by atoms with Crippen LogP contribution in [0.5, 0.6) is 0 Å². The lowest BCUT2D eigenvalue weighted by Crippen LogP contribution is -2.53. The number of hydrogen-bond donors (Lipinski definition) is 2. The van der Waals surface area contributed by atoms with E-state index < -0.39 is 93.2 Å². The molecule has 1 saturated heterocycles. The van der Waals surface area contributed by atoms with E-state index in [1.807, 2.05) is 0 Å². The smallest absolute Gasteiger partial charge is 0.243 e. The van der Waals surface area contributed by atoms with E-state index in [0.717, 1.165) is 29.6 Å². The third-order valence-corrected chi connectivity index (χ3v) is 14.0. The zero-order valence-corrected chi connectivity index (χ0v) is 30.6. The van der Waals surface area contributed by atoms with Crippen LogP contribution in [-0.2, 0) is 39.7 Å². The molecule has 1 aliphatic heterocycles. The Morgan fingerprint density at radius 3 is 1.00 bits per heavy atom. The van der Waals surface area contributed by atoms with Crippen LogP contribution in [0.1, 0.15) is 30.5 Å². The van der Waals surface area contributed by atoms with E-state index in [0.29, 0.717) is 0 Å². The number of aryl methyl sites for hydroxylation is 3. The minimum absolute atomic E-state index is 0.0826. The fraction of sp³-hybridized carbons (Fsp3) is 0.394. The fourth-order valence-corrected chi connectivity index (χ4v) is 9.31. The molecule has 2 amide bonds. The highest BCUT2D eigenvalue weighted by atomic mass is 32.2. The van der Waals surface area contributed by atoms with Gasteiger partial charge in [0, 0.05) is 38.3 Å². The molecular formula is C33H43N5O8S3. The quantitative estimate of drug-likeness (QED) is 0.388. The van der Waals surface area contributed by atoms with Gasteiger partial charge in [-0.2, -0.15) is 12.9 Å². The lowest BCUT2D eigenvalue weighted by molar-refractivity contribution is -0.124. The van der Waals surface area contributed by atoms with Gasteiger partial charge in [-0.15, -0.1) is 0 Å². The number of carbonyl (C=O) groups excluding carboxylic acids is 2. The number of nitrogens with zero attached hydrogens (tertiary/aromatic N) is 3. The Balaban J connectivity index is 1.80. The van der Waals surface area contributed by atoms with Crippen LogP contribution >= 0.6 is 0 Å². The Bertz CT molecular complexity index is 1860. The molecule has 1 fully saturated rings. The third-order valence-electron chi connectivity index (χ3n) is 8.34. The molecule has 3 aromatic rings. The van der Waals surface area contributed by atoms with Crippen molar-refractivity contribution < 1.29 is 34.8 Å². The first-order valence-corrected chi connectivity index (χ1v) is 20.0. The van der Waals surface area contributed by atoms with Gasteiger partial charge in [0.05, 0.1) is 27.8 Å². The summed E-state index contributed by atoms with van der Waals surface area (Å²) in [4.78, 5) is 26.2. The molecule has 266 valence electrons. The topological polar surface area (TPSA) is 170 Å². The second-order valence-corrected chi connectivity index (χ2v) is 18.0. The molecule has 1 heterocycles. The van der Waals surface area contributed by atoms with Gasteiger partial charge >= 0.3 is 0 Å². The first kappa shape index (κ1) is 38.1. The number of carbonyl (C=O) groups is 2. The van der Waals surface area contributed by atoms with Gasteiger partial charge in [0.25, 0.3) is 0 Å². The Kier molecular flexibility index (Phi) is 12.0. The summed E-state index contributed by atoms with van der Waals surface area (Å²) in [6, 6.07) is 16.8. The highest BCUT2D eigenvalue weighted by Crippen LogP contribution is 2.22. The van der Waals surface area contributed by atoms with Crippen molar-refractivity contribution in [3.8, 4) is 0 Å². The molecule has 2 N–H and O–H groups in total. The molecule has 2 atom stereocenters. The molecule has 4 rings (SSSR count). The van der Waals surface area contributed by atoms with Gasteiger partial charge in [-0.25, -0.2) is 25.3 Å². The van der Waals surface area contributed by atoms with E-state index in [-0.39, 0.29) is 14.7 Å². The average Bonchev–Trinajstić information content (AvgIpc) is 3.03. The van der Waals surface area contributed by atoms with Gasteiger partial charge in [-0.3, -0.25) is 9.59 Å². The Morgan fingerprint density at radius 1 is 0.469 bits per heavy atom. The summed E-state index contributed by atoms with van der Waals surface area (Å²) < 4.78 is 86.5. The maximum atomic E-state index is 14.1. The molecule has 3 aromatic carbocycles. The largest absolute Gasteiger partial charge is 0.350 e. The predicted molar refractivity (Wildman–Crippen MR) is 185 cm³/mol. The standard InChI is InChI=1S/C33H43N5O8S3/c1-24-6-12-29(13-7-24)47(41,42)36-18-20-37(48(43,44)30-14-8-25(2)9-15-30)22-32(39)34-27(4)28(5)35-33(40)23-38(21-19-36)49(45,46)31-16-10-26(3)11-17-31/h6-17,27-28H,18-23H2,1-5H3,(H,34,39)(H,35,40). The number of rotatable bonds is 6. The molecule has 0 bridgehead atoms. The molecule has 0 saturated carbocycles. The minimum atomic E-state index is -4.32. The summed E-state index contributed by atoms with van der Waals surface area (Å²) in [6.07, 6.45) is 0. The van der Waals surface area contributed by atoms with Crippen molar-refractivity contribution in [1.82, 2.24) is 23.5 Å². The molecule has 2 unspecified atom stereocenters. The van der Waals surface area contributed by atoms with Crippen LogP contribution in [0.25, 0.3) is 0 Å². The predicted octanol–water partition coefficient (Wildman–Crippen LogP) is 2.01. The van der Waals surface area contributed by atoms with Crippen molar-refractivity contribution in [2.24, 2.45) is 0 Å². The van der Waals surface area contributed by atoms with Gasteiger partial charge in [0.2, 0.25) is 41.9 Å². The van der Waals surface area contributed by atoms with Gasteiger partial charge in [0.1, 0.15) is 0 Å². The van der Waals surface area contributed by atoms with E-state index in [1.165, 1.54) is 36.4 Å². The van der Waals surface area contributed by atoms with Gasteiger partial charge in [-0.05, 0) is 71.0 Å². The van der Waals surface area contributed by atoms with Crippen molar-refractivity contribution in [2.75, 3.05) is 39.3 Å². The van der Waals surface area contributed by atoms with Crippen LogP contribution in [-0.4, -0.2) is 101 Å². The maximum absolute atomic E-state index is 14.1. The number of nitrogens with one attached hydrogen (secondary N) is 2. The fourth-order valence-electron chi connectivity index (χ4n) is 5.11. The lowest BCUT2D eigenvalue weighted by Gasteiger charge is -2.29. The number of sulfonamides is 3. The molecule has 49 heavy (non-hydrogen) atoms.